The standard InChI is InChI=1S/C30H46O3S/c1-6-21(3)26-13-14-27-25-12-9-22-19-23(33-34(31,32)24-10-7-20(2)8-11-24)15-17-29(22,4)28(25)16-18-30(26,27)5/h7-8,10-11,21-23,25-28H,6,9,12-19H2,1-5H3/t21-,22?,23?,25?,26?,27?,28?,29?,30?/m1/s1. The molecule has 4 aliphatic carbocycles. The van der Waals surface area contributed by atoms with Crippen molar-refractivity contribution in [2.75, 3.05) is 0 Å². The zero-order valence-corrected chi connectivity index (χ0v) is 22.9. The molecule has 0 radical (unpaired) electrons. The summed E-state index contributed by atoms with van der Waals surface area (Å²) in [5.74, 6) is 4.94. The van der Waals surface area contributed by atoms with Crippen molar-refractivity contribution in [1.29, 1.82) is 0 Å². The van der Waals surface area contributed by atoms with Crippen molar-refractivity contribution in [3.63, 3.8) is 0 Å². The molecule has 0 aliphatic heterocycles. The molecular formula is C30H46O3S. The summed E-state index contributed by atoms with van der Waals surface area (Å²) < 4.78 is 31.7. The topological polar surface area (TPSA) is 43.4 Å². The molecule has 0 aromatic heterocycles. The summed E-state index contributed by atoms with van der Waals surface area (Å²) in [5.41, 5.74) is 1.96. The third-order valence-corrected chi connectivity index (χ3v) is 13.0. The molecule has 5 rings (SSSR count). The summed E-state index contributed by atoms with van der Waals surface area (Å²) in [4.78, 5) is 0.291. The van der Waals surface area contributed by atoms with Crippen molar-refractivity contribution in [3.8, 4) is 0 Å². The van der Waals surface area contributed by atoms with E-state index in [0.29, 0.717) is 21.6 Å². The molecule has 4 saturated carbocycles. The Bertz CT molecular complexity index is 985. The second-order valence-electron chi connectivity index (χ2n) is 13.0. The number of rotatable bonds is 5. The normalized spacial score (nSPS) is 43.0. The molecule has 0 amide bonds. The first-order chi connectivity index (χ1) is 16.1. The number of hydrogen-bond acceptors (Lipinski definition) is 3. The summed E-state index contributed by atoms with van der Waals surface area (Å²) >= 11 is 0. The van der Waals surface area contributed by atoms with Crippen LogP contribution in [0.25, 0.3) is 0 Å². The van der Waals surface area contributed by atoms with Crippen LogP contribution in [0.4, 0.5) is 0 Å². The van der Waals surface area contributed by atoms with Gasteiger partial charge in [-0.3, -0.25) is 4.18 Å². The van der Waals surface area contributed by atoms with Gasteiger partial charge in [0.15, 0.2) is 0 Å². The van der Waals surface area contributed by atoms with E-state index in [4.69, 9.17) is 4.18 Å². The van der Waals surface area contributed by atoms with Crippen molar-refractivity contribution in [3.05, 3.63) is 29.8 Å². The molecule has 9 atom stereocenters. The summed E-state index contributed by atoms with van der Waals surface area (Å²) in [5, 5.41) is 0. The highest BCUT2D eigenvalue weighted by Gasteiger charge is 2.60. The minimum absolute atomic E-state index is 0.170. The average molecular weight is 487 g/mol. The number of hydrogen-bond donors (Lipinski definition) is 0. The Morgan fingerprint density at radius 2 is 1.62 bits per heavy atom. The second kappa shape index (κ2) is 8.91. The van der Waals surface area contributed by atoms with Gasteiger partial charge in [-0.2, -0.15) is 8.42 Å². The summed E-state index contributed by atoms with van der Waals surface area (Å²) in [6.45, 7) is 12.0. The predicted molar refractivity (Wildman–Crippen MR) is 138 cm³/mol. The van der Waals surface area contributed by atoms with Gasteiger partial charge in [-0.25, -0.2) is 0 Å². The smallest absolute Gasteiger partial charge is 0.263 e. The van der Waals surface area contributed by atoms with Gasteiger partial charge in [0, 0.05) is 0 Å². The Balaban J connectivity index is 1.29. The fourth-order valence-electron chi connectivity index (χ4n) is 9.51. The van der Waals surface area contributed by atoms with E-state index in [1.165, 1.54) is 44.9 Å². The summed E-state index contributed by atoms with van der Waals surface area (Å²) in [6.07, 6.45) is 12.3. The highest BCUT2D eigenvalue weighted by atomic mass is 32.2. The number of fused-ring (bicyclic) bond motifs is 5. The molecule has 0 heterocycles. The Labute approximate surface area is 208 Å². The first-order valence-electron chi connectivity index (χ1n) is 14.1. The van der Waals surface area contributed by atoms with Crippen LogP contribution in [0.1, 0.15) is 97.5 Å². The maximum Gasteiger partial charge on any atom is 0.297 e. The van der Waals surface area contributed by atoms with Crippen molar-refractivity contribution >= 4 is 10.1 Å². The van der Waals surface area contributed by atoms with Crippen molar-refractivity contribution in [1.82, 2.24) is 0 Å². The van der Waals surface area contributed by atoms with Gasteiger partial charge in [-0.05, 0) is 123 Å². The van der Waals surface area contributed by atoms with E-state index in [-0.39, 0.29) is 6.10 Å². The fraction of sp³-hybridized carbons (Fsp3) is 0.800. The summed E-state index contributed by atoms with van der Waals surface area (Å²) in [6, 6.07) is 7.05. The van der Waals surface area contributed by atoms with Gasteiger partial charge in [0.05, 0.1) is 11.0 Å². The molecule has 0 N–H and O–H groups in total. The van der Waals surface area contributed by atoms with Crippen LogP contribution >= 0.6 is 0 Å². The van der Waals surface area contributed by atoms with Gasteiger partial charge >= 0.3 is 0 Å². The number of aryl methyl sites for hydroxylation is 1. The molecule has 34 heavy (non-hydrogen) atoms. The third kappa shape index (κ3) is 3.99. The molecule has 4 aliphatic rings. The SMILES string of the molecule is CC[C@@H](C)C1CCC2C3CCC4CC(OS(=O)(=O)c5ccc(C)cc5)CCC4(C)C3CCC21C. The van der Waals surface area contributed by atoms with Crippen LogP contribution in [0.3, 0.4) is 0 Å². The van der Waals surface area contributed by atoms with E-state index < -0.39 is 10.1 Å². The highest BCUT2D eigenvalue weighted by molar-refractivity contribution is 7.86. The largest absolute Gasteiger partial charge is 0.297 e. The van der Waals surface area contributed by atoms with Gasteiger partial charge in [0.2, 0.25) is 0 Å². The van der Waals surface area contributed by atoms with Crippen molar-refractivity contribution < 1.29 is 12.6 Å². The molecule has 0 saturated heterocycles. The molecule has 3 nitrogen and oxygen atoms in total. The van der Waals surface area contributed by atoms with Crippen LogP contribution in [0.2, 0.25) is 0 Å². The monoisotopic (exact) mass is 486 g/mol. The molecule has 0 spiro atoms. The zero-order valence-electron chi connectivity index (χ0n) is 22.1. The lowest BCUT2D eigenvalue weighted by atomic mass is 9.44. The molecule has 1 aromatic carbocycles. The molecule has 1 aromatic rings. The van der Waals surface area contributed by atoms with Gasteiger partial charge in [-0.15, -0.1) is 0 Å². The second-order valence-corrected chi connectivity index (χ2v) is 14.6. The molecule has 4 fully saturated rings. The van der Waals surface area contributed by atoms with Gasteiger partial charge in [-0.1, -0.05) is 51.8 Å². The zero-order chi connectivity index (χ0) is 24.3. The maximum absolute atomic E-state index is 12.9. The van der Waals surface area contributed by atoms with E-state index in [1.54, 1.807) is 12.1 Å². The van der Waals surface area contributed by atoms with Gasteiger partial charge in [0.25, 0.3) is 10.1 Å². The van der Waals surface area contributed by atoms with Crippen molar-refractivity contribution in [2.45, 2.75) is 110 Å². The quantitative estimate of drug-likeness (QED) is 0.399. The van der Waals surface area contributed by atoms with E-state index in [9.17, 15) is 8.42 Å². The Morgan fingerprint density at radius 1 is 0.941 bits per heavy atom. The third-order valence-electron chi connectivity index (χ3n) is 11.6. The van der Waals surface area contributed by atoms with Crippen LogP contribution in [0, 0.1) is 53.3 Å². The van der Waals surface area contributed by atoms with Gasteiger partial charge in [0.1, 0.15) is 0 Å². The first kappa shape index (κ1) is 24.8. The predicted octanol–water partition coefficient (Wildman–Crippen LogP) is 7.77. The molecular weight excluding hydrogens is 440 g/mol. The van der Waals surface area contributed by atoms with E-state index in [2.05, 4.69) is 27.7 Å². The Hall–Kier alpha value is -0.870. The first-order valence-corrected chi connectivity index (χ1v) is 15.5. The van der Waals surface area contributed by atoms with E-state index >= 15 is 0 Å². The highest BCUT2D eigenvalue weighted by Crippen LogP contribution is 2.68. The Kier molecular flexibility index (Phi) is 6.50. The lowest BCUT2D eigenvalue weighted by Crippen LogP contribution is -2.54. The lowest BCUT2D eigenvalue weighted by Gasteiger charge is -2.61. The fourth-order valence-corrected chi connectivity index (χ4v) is 10.6. The Morgan fingerprint density at radius 3 is 2.32 bits per heavy atom. The molecule has 4 heteroatoms. The maximum atomic E-state index is 12.9. The van der Waals surface area contributed by atoms with Crippen LogP contribution in [-0.2, 0) is 14.3 Å². The van der Waals surface area contributed by atoms with Crippen LogP contribution < -0.4 is 0 Å². The van der Waals surface area contributed by atoms with E-state index in [1.807, 2.05) is 19.1 Å². The molecule has 190 valence electrons. The summed E-state index contributed by atoms with van der Waals surface area (Å²) in [7, 11) is -3.69. The molecule has 8 unspecified atom stereocenters. The lowest BCUT2D eigenvalue weighted by molar-refractivity contribution is -0.126. The van der Waals surface area contributed by atoms with Crippen LogP contribution in [-0.4, -0.2) is 14.5 Å². The van der Waals surface area contributed by atoms with Gasteiger partial charge < -0.3 is 0 Å². The molecule has 0 bridgehead atoms. The number of benzene rings is 1. The minimum Gasteiger partial charge on any atom is -0.263 e. The van der Waals surface area contributed by atoms with Crippen LogP contribution in [0.5, 0.6) is 0 Å². The average Bonchev–Trinajstić information content (AvgIpc) is 3.16. The van der Waals surface area contributed by atoms with E-state index in [0.717, 1.165) is 54.4 Å². The minimum atomic E-state index is -3.69. The van der Waals surface area contributed by atoms with Crippen LogP contribution in [0.15, 0.2) is 29.2 Å². The van der Waals surface area contributed by atoms with Crippen molar-refractivity contribution in [2.24, 2.45) is 46.3 Å².